The van der Waals surface area contributed by atoms with Crippen molar-refractivity contribution >= 4 is 11.6 Å². The average molecular weight is 265 g/mol. The third-order valence-corrected chi connectivity index (χ3v) is 3.07. The lowest BCUT2D eigenvalue weighted by atomic mass is 10.0. The van der Waals surface area contributed by atoms with Gasteiger partial charge >= 0.3 is 0 Å². The normalized spacial score (nSPS) is 16.2. The highest BCUT2D eigenvalue weighted by Crippen LogP contribution is 2.23. The second kappa shape index (κ2) is 5.77. The monoisotopic (exact) mass is 265 g/mol. The van der Waals surface area contributed by atoms with Crippen LogP contribution in [0.5, 0.6) is 0 Å². The van der Waals surface area contributed by atoms with Crippen LogP contribution in [-0.2, 0) is 11.3 Å². The van der Waals surface area contributed by atoms with Gasteiger partial charge in [0.15, 0.2) is 0 Å². The molecule has 0 aromatic heterocycles. The van der Waals surface area contributed by atoms with Crippen LogP contribution in [0.1, 0.15) is 15.9 Å². The standard InChI is InChI=1S/C12H15N3O4/c13-12(16)11-9(2-1-3-10(11)15(17)18)8-14-4-6-19-7-5-14/h1-3H,4-8H2,(H2,13,16). The molecule has 1 amide bonds. The summed E-state index contributed by atoms with van der Waals surface area (Å²) in [5, 5.41) is 10.9. The van der Waals surface area contributed by atoms with Gasteiger partial charge in [0.2, 0.25) is 0 Å². The van der Waals surface area contributed by atoms with Crippen LogP contribution in [0.3, 0.4) is 0 Å². The van der Waals surface area contributed by atoms with E-state index in [0.29, 0.717) is 25.3 Å². The van der Waals surface area contributed by atoms with Crippen LogP contribution in [-0.4, -0.2) is 42.0 Å². The predicted octanol–water partition coefficient (Wildman–Crippen LogP) is 0.526. The molecule has 0 bridgehead atoms. The molecule has 0 unspecified atom stereocenters. The van der Waals surface area contributed by atoms with Crippen LogP contribution in [0.15, 0.2) is 18.2 Å². The number of nitrogens with two attached hydrogens (primary N) is 1. The van der Waals surface area contributed by atoms with E-state index < -0.39 is 10.8 Å². The zero-order chi connectivity index (χ0) is 13.8. The Balaban J connectivity index is 2.30. The van der Waals surface area contributed by atoms with Gasteiger partial charge in [-0.2, -0.15) is 0 Å². The van der Waals surface area contributed by atoms with Crippen LogP contribution in [0.2, 0.25) is 0 Å². The summed E-state index contributed by atoms with van der Waals surface area (Å²) < 4.78 is 5.24. The molecule has 0 spiro atoms. The van der Waals surface area contributed by atoms with Crippen molar-refractivity contribution < 1.29 is 14.5 Å². The van der Waals surface area contributed by atoms with Crippen molar-refractivity contribution in [3.05, 3.63) is 39.4 Å². The molecule has 2 N–H and O–H groups in total. The van der Waals surface area contributed by atoms with E-state index in [-0.39, 0.29) is 11.3 Å². The number of hydrogen-bond donors (Lipinski definition) is 1. The van der Waals surface area contributed by atoms with E-state index in [2.05, 4.69) is 4.90 Å². The number of morpholine rings is 1. The highest BCUT2D eigenvalue weighted by molar-refractivity contribution is 5.98. The van der Waals surface area contributed by atoms with Gasteiger partial charge in [-0.05, 0) is 5.56 Å². The van der Waals surface area contributed by atoms with Gasteiger partial charge in [-0.25, -0.2) is 0 Å². The summed E-state index contributed by atoms with van der Waals surface area (Å²) in [6, 6.07) is 4.56. The summed E-state index contributed by atoms with van der Waals surface area (Å²) in [6.07, 6.45) is 0. The predicted molar refractivity (Wildman–Crippen MR) is 67.7 cm³/mol. The third-order valence-electron chi connectivity index (χ3n) is 3.07. The van der Waals surface area contributed by atoms with Gasteiger partial charge in [-0.15, -0.1) is 0 Å². The Morgan fingerprint density at radius 2 is 2.11 bits per heavy atom. The first-order valence-corrected chi connectivity index (χ1v) is 5.96. The SMILES string of the molecule is NC(=O)c1c(CN2CCOCC2)cccc1[N+](=O)[O-]. The van der Waals surface area contributed by atoms with E-state index in [1.807, 2.05) is 0 Å². The number of nitro groups is 1. The number of nitro benzene ring substituents is 1. The molecule has 1 aliphatic heterocycles. The molecule has 1 heterocycles. The summed E-state index contributed by atoms with van der Waals surface area (Å²) >= 11 is 0. The maximum Gasteiger partial charge on any atom is 0.282 e. The van der Waals surface area contributed by atoms with Gasteiger partial charge < -0.3 is 10.5 Å². The Kier molecular flexibility index (Phi) is 4.08. The van der Waals surface area contributed by atoms with Gasteiger partial charge in [-0.1, -0.05) is 12.1 Å². The second-order valence-corrected chi connectivity index (χ2v) is 4.32. The zero-order valence-corrected chi connectivity index (χ0v) is 10.4. The van der Waals surface area contributed by atoms with E-state index in [1.165, 1.54) is 6.07 Å². The van der Waals surface area contributed by atoms with Crippen LogP contribution >= 0.6 is 0 Å². The molecule has 1 aliphatic rings. The highest BCUT2D eigenvalue weighted by atomic mass is 16.6. The van der Waals surface area contributed by atoms with Crippen molar-refractivity contribution in [1.82, 2.24) is 4.90 Å². The van der Waals surface area contributed by atoms with Crippen molar-refractivity contribution in [2.24, 2.45) is 5.73 Å². The highest BCUT2D eigenvalue weighted by Gasteiger charge is 2.23. The third kappa shape index (κ3) is 3.07. The lowest BCUT2D eigenvalue weighted by molar-refractivity contribution is -0.385. The summed E-state index contributed by atoms with van der Waals surface area (Å²) in [7, 11) is 0. The smallest absolute Gasteiger partial charge is 0.282 e. The zero-order valence-electron chi connectivity index (χ0n) is 10.4. The van der Waals surface area contributed by atoms with Gasteiger partial charge in [0.1, 0.15) is 5.56 Å². The number of hydrogen-bond acceptors (Lipinski definition) is 5. The van der Waals surface area contributed by atoms with Crippen LogP contribution in [0, 0.1) is 10.1 Å². The number of ether oxygens (including phenoxy) is 1. The fourth-order valence-electron chi connectivity index (χ4n) is 2.16. The molecular formula is C12H15N3O4. The van der Waals surface area contributed by atoms with E-state index in [0.717, 1.165) is 13.1 Å². The Morgan fingerprint density at radius 3 is 2.68 bits per heavy atom. The summed E-state index contributed by atoms with van der Waals surface area (Å²) in [5.74, 6) is -0.768. The first kappa shape index (κ1) is 13.4. The number of carbonyl (C=O) groups is 1. The topological polar surface area (TPSA) is 98.7 Å². The fraction of sp³-hybridized carbons (Fsp3) is 0.417. The summed E-state index contributed by atoms with van der Waals surface area (Å²) in [5.41, 5.74) is 5.62. The number of amides is 1. The van der Waals surface area contributed by atoms with E-state index in [9.17, 15) is 14.9 Å². The molecule has 1 saturated heterocycles. The van der Waals surface area contributed by atoms with Crippen molar-refractivity contribution in [3.8, 4) is 0 Å². The fourth-order valence-corrected chi connectivity index (χ4v) is 2.16. The molecule has 19 heavy (non-hydrogen) atoms. The van der Waals surface area contributed by atoms with Crippen molar-refractivity contribution in [2.75, 3.05) is 26.3 Å². The Bertz CT molecular complexity index is 498. The second-order valence-electron chi connectivity index (χ2n) is 4.32. The van der Waals surface area contributed by atoms with Crippen molar-refractivity contribution in [1.29, 1.82) is 0 Å². The summed E-state index contributed by atoms with van der Waals surface area (Å²) in [4.78, 5) is 23.9. The molecule has 1 aromatic carbocycles. The average Bonchev–Trinajstić information content (AvgIpc) is 2.39. The van der Waals surface area contributed by atoms with Gasteiger partial charge in [0.25, 0.3) is 11.6 Å². The lowest BCUT2D eigenvalue weighted by Crippen LogP contribution is -2.36. The minimum absolute atomic E-state index is 0.000933. The Labute approximate surface area is 110 Å². The van der Waals surface area contributed by atoms with Crippen LogP contribution in [0.25, 0.3) is 0 Å². The molecule has 0 aliphatic carbocycles. The van der Waals surface area contributed by atoms with Gasteiger partial charge in [-0.3, -0.25) is 19.8 Å². The molecule has 0 radical (unpaired) electrons. The first-order valence-electron chi connectivity index (χ1n) is 5.96. The number of carbonyl (C=O) groups excluding carboxylic acids is 1. The molecular weight excluding hydrogens is 250 g/mol. The maximum absolute atomic E-state index is 11.5. The van der Waals surface area contributed by atoms with Crippen molar-refractivity contribution in [2.45, 2.75) is 6.54 Å². The number of benzene rings is 1. The molecule has 7 heteroatoms. The van der Waals surface area contributed by atoms with E-state index >= 15 is 0 Å². The lowest BCUT2D eigenvalue weighted by Gasteiger charge is -2.27. The number of rotatable bonds is 4. The minimum Gasteiger partial charge on any atom is -0.379 e. The van der Waals surface area contributed by atoms with Gasteiger partial charge in [0, 0.05) is 25.7 Å². The molecule has 2 rings (SSSR count). The van der Waals surface area contributed by atoms with Gasteiger partial charge in [0.05, 0.1) is 18.1 Å². The molecule has 7 nitrogen and oxygen atoms in total. The van der Waals surface area contributed by atoms with E-state index in [4.69, 9.17) is 10.5 Å². The first-order chi connectivity index (χ1) is 9.09. The molecule has 0 atom stereocenters. The molecule has 1 fully saturated rings. The van der Waals surface area contributed by atoms with E-state index in [1.54, 1.807) is 12.1 Å². The minimum atomic E-state index is -0.768. The Morgan fingerprint density at radius 1 is 1.42 bits per heavy atom. The van der Waals surface area contributed by atoms with Crippen molar-refractivity contribution in [3.63, 3.8) is 0 Å². The molecule has 0 saturated carbocycles. The quantitative estimate of drug-likeness (QED) is 0.632. The Hall–Kier alpha value is -1.99. The largest absolute Gasteiger partial charge is 0.379 e. The maximum atomic E-state index is 11.5. The number of primary amides is 1. The van der Waals surface area contributed by atoms with Crippen LogP contribution < -0.4 is 5.73 Å². The van der Waals surface area contributed by atoms with Crippen LogP contribution in [0.4, 0.5) is 5.69 Å². The molecule has 1 aromatic rings. The summed E-state index contributed by atoms with van der Waals surface area (Å²) in [6.45, 7) is 3.19. The molecule has 102 valence electrons. The number of nitrogens with zero attached hydrogens (tertiary/aromatic N) is 2.